The maximum absolute atomic E-state index is 11.6. The van der Waals surface area contributed by atoms with E-state index in [2.05, 4.69) is 20.3 Å². The van der Waals surface area contributed by atoms with Gasteiger partial charge < -0.3 is 15.2 Å². The first kappa shape index (κ1) is 10.7. The van der Waals surface area contributed by atoms with Crippen molar-refractivity contribution in [2.75, 3.05) is 7.05 Å². The van der Waals surface area contributed by atoms with Gasteiger partial charge in [0.05, 0.1) is 12.1 Å². The Kier molecular flexibility index (Phi) is 3.24. The normalized spacial score (nSPS) is 11.4. The van der Waals surface area contributed by atoms with Crippen LogP contribution in [-0.2, 0) is 11.3 Å². The van der Waals surface area contributed by atoms with Crippen molar-refractivity contribution in [3.63, 3.8) is 0 Å². The highest BCUT2D eigenvalue weighted by Gasteiger charge is 2.24. The van der Waals surface area contributed by atoms with Gasteiger partial charge in [0.25, 0.3) is 0 Å². The molecule has 1 amide bonds. The SMILES string of the molecule is CNC(C)(C)C(=O)NCc1ccon1. The number of amides is 1. The van der Waals surface area contributed by atoms with Gasteiger partial charge in [-0.1, -0.05) is 5.16 Å². The van der Waals surface area contributed by atoms with Crippen LogP contribution in [-0.4, -0.2) is 23.7 Å². The number of hydrogen-bond acceptors (Lipinski definition) is 4. The van der Waals surface area contributed by atoms with E-state index >= 15 is 0 Å². The standard InChI is InChI=1S/C9H15N3O2/c1-9(2,10-3)8(13)11-6-7-4-5-14-12-7/h4-5,10H,6H2,1-3H3,(H,11,13). The van der Waals surface area contributed by atoms with E-state index in [4.69, 9.17) is 0 Å². The van der Waals surface area contributed by atoms with Crippen LogP contribution in [0.3, 0.4) is 0 Å². The molecule has 0 saturated heterocycles. The number of carbonyl (C=O) groups is 1. The van der Waals surface area contributed by atoms with Gasteiger partial charge in [0.15, 0.2) is 0 Å². The summed E-state index contributed by atoms with van der Waals surface area (Å²) in [6.07, 6.45) is 1.48. The van der Waals surface area contributed by atoms with Crippen LogP contribution < -0.4 is 10.6 Å². The van der Waals surface area contributed by atoms with Crippen LogP contribution in [0.1, 0.15) is 19.5 Å². The highest BCUT2D eigenvalue weighted by Crippen LogP contribution is 2.01. The topological polar surface area (TPSA) is 67.2 Å². The average molecular weight is 197 g/mol. The smallest absolute Gasteiger partial charge is 0.240 e. The zero-order valence-corrected chi connectivity index (χ0v) is 8.63. The zero-order valence-electron chi connectivity index (χ0n) is 8.63. The molecule has 1 aromatic heterocycles. The minimum Gasteiger partial charge on any atom is -0.364 e. The van der Waals surface area contributed by atoms with Crippen molar-refractivity contribution in [2.45, 2.75) is 25.9 Å². The van der Waals surface area contributed by atoms with Crippen molar-refractivity contribution < 1.29 is 9.32 Å². The van der Waals surface area contributed by atoms with E-state index < -0.39 is 5.54 Å². The fourth-order valence-electron chi connectivity index (χ4n) is 0.834. The predicted molar refractivity (Wildman–Crippen MR) is 51.5 cm³/mol. The molecule has 0 aliphatic rings. The second-order valence-corrected chi connectivity index (χ2v) is 3.55. The van der Waals surface area contributed by atoms with Crippen molar-refractivity contribution in [2.24, 2.45) is 0 Å². The minimum absolute atomic E-state index is 0.0667. The lowest BCUT2D eigenvalue weighted by Gasteiger charge is -2.22. The predicted octanol–water partition coefficient (Wildman–Crippen LogP) is 0.289. The molecule has 5 nitrogen and oxygen atoms in total. The molecule has 1 aromatic rings. The molecule has 0 aromatic carbocycles. The quantitative estimate of drug-likeness (QED) is 0.728. The van der Waals surface area contributed by atoms with E-state index in [-0.39, 0.29) is 5.91 Å². The second kappa shape index (κ2) is 4.23. The van der Waals surface area contributed by atoms with E-state index in [9.17, 15) is 4.79 Å². The number of likely N-dealkylation sites (N-methyl/N-ethyl adjacent to an activating group) is 1. The molecule has 0 aliphatic carbocycles. The maximum Gasteiger partial charge on any atom is 0.240 e. The number of rotatable bonds is 4. The average Bonchev–Trinajstić information content (AvgIpc) is 2.66. The summed E-state index contributed by atoms with van der Waals surface area (Å²) in [4.78, 5) is 11.6. The Morgan fingerprint density at radius 1 is 1.64 bits per heavy atom. The molecule has 0 atom stereocenters. The van der Waals surface area contributed by atoms with E-state index in [0.29, 0.717) is 12.2 Å². The summed E-state index contributed by atoms with van der Waals surface area (Å²) in [6, 6.07) is 1.71. The van der Waals surface area contributed by atoms with Crippen LogP contribution in [0.4, 0.5) is 0 Å². The molecule has 0 saturated carbocycles. The number of nitrogens with one attached hydrogen (secondary N) is 2. The minimum atomic E-state index is -0.566. The Hall–Kier alpha value is -1.36. The third-order valence-electron chi connectivity index (χ3n) is 2.11. The third kappa shape index (κ3) is 2.56. The van der Waals surface area contributed by atoms with Gasteiger partial charge in [-0.2, -0.15) is 0 Å². The van der Waals surface area contributed by atoms with Gasteiger partial charge in [-0.3, -0.25) is 4.79 Å². The van der Waals surface area contributed by atoms with E-state index in [1.165, 1.54) is 6.26 Å². The Balaban J connectivity index is 2.43. The largest absolute Gasteiger partial charge is 0.364 e. The number of carbonyl (C=O) groups excluding carboxylic acids is 1. The number of hydrogen-bond donors (Lipinski definition) is 2. The van der Waals surface area contributed by atoms with Crippen molar-refractivity contribution in [3.05, 3.63) is 18.0 Å². The molecule has 0 unspecified atom stereocenters. The summed E-state index contributed by atoms with van der Waals surface area (Å²) in [5.74, 6) is -0.0667. The Morgan fingerprint density at radius 2 is 2.36 bits per heavy atom. The van der Waals surface area contributed by atoms with Crippen LogP contribution in [0.5, 0.6) is 0 Å². The Morgan fingerprint density at radius 3 is 2.86 bits per heavy atom. The Bertz CT molecular complexity index is 293. The van der Waals surface area contributed by atoms with Crippen LogP contribution >= 0.6 is 0 Å². The van der Waals surface area contributed by atoms with E-state index in [1.807, 2.05) is 13.8 Å². The van der Waals surface area contributed by atoms with Gasteiger partial charge in [-0.05, 0) is 20.9 Å². The zero-order chi connectivity index (χ0) is 10.6. The molecular weight excluding hydrogens is 182 g/mol. The molecule has 1 rings (SSSR count). The van der Waals surface area contributed by atoms with E-state index in [0.717, 1.165) is 0 Å². The Labute approximate surface area is 82.8 Å². The fraction of sp³-hybridized carbons (Fsp3) is 0.556. The van der Waals surface area contributed by atoms with Crippen LogP contribution in [0.15, 0.2) is 16.9 Å². The van der Waals surface area contributed by atoms with Crippen LogP contribution in [0.25, 0.3) is 0 Å². The van der Waals surface area contributed by atoms with Crippen molar-refractivity contribution in [1.29, 1.82) is 0 Å². The first-order chi connectivity index (χ1) is 6.56. The highest BCUT2D eigenvalue weighted by molar-refractivity contribution is 5.85. The summed E-state index contributed by atoms with van der Waals surface area (Å²) >= 11 is 0. The van der Waals surface area contributed by atoms with Gasteiger partial charge in [-0.15, -0.1) is 0 Å². The first-order valence-corrected chi connectivity index (χ1v) is 4.43. The second-order valence-electron chi connectivity index (χ2n) is 3.55. The molecule has 78 valence electrons. The van der Waals surface area contributed by atoms with Gasteiger partial charge in [-0.25, -0.2) is 0 Å². The lowest BCUT2D eigenvalue weighted by atomic mass is 10.1. The lowest BCUT2D eigenvalue weighted by molar-refractivity contribution is -0.126. The van der Waals surface area contributed by atoms with Crippen molar-refractivity contribution >= 4 is 5.91 Å². The first-order valence-electron chi connectivity index (χ1n) is 4.43. The number of nitrogens with zero attached hydrogens (tertiary/aromatic N) is 1. The summed E-state index contributed by atoms with van der Waals surface area (Å²) in [5, 5.41) is 9.35. The van der Waals surface area contributed by atoms with Crippen LogP contribution in [0.2, 0.25) is 0 Å². The molecule has 5 heteroatoms. The fourth-order valence-corrected chi connectivity index (χ4v) is 0.834. The van der Waals surface area contributed by atoms with Gasteiger partial charge in [0.2, 0.25) is 5.91 Å². The van der Waals surface area contributed by atoms with Crippen molar-refractivity contribution in [3.8, 4) is 0 Å². The molecule has 2 N–H and O–H groups in total. The highest BCUT2D eigenvalue weighted by atomic mass is 16.5. The summed E-state index contributed by atoms with van der Waals surface area (Å²) in [6.45, 7) is 4.01. The molecule has 0 fully saturated rings. The van der Waals surface area contributed by atoms with E-state index in [1.54, 1.807) is 13.1 Å². The van der Waals surface area contributed by atoms with Crippen LogP contribution in [0, 0.1) is 0 Å². The monoisotopic (exact) mass is 197 g/mol. The molecule has 0 aliphatic heterocycles. The molecule has 0 bridgehead atoms. The van der Waals surface area contributed by atoms with Gasteiger partial charge in [0, 0.05) is 6.07 Å². The van der Waals surface area contributed by atoms with Crippen molar-refractivity contribution in [1.82, 2.24) is 15.8 Å². The molecule has 14 heavy (non-hydrogen) atoms. The third-order valence-corrected chi connectivity index (χ3v) is 2.11. The number of aromatic nitrogens is 1. The van der Waals surface area contributed by atoms with Gasteiger partial charge >= 0.3 is 0 Å². The van der Waals surface area contributed by atoms with Gasteiger partial charge in [0.1, 0.15) is 12.0 Å². The lowest BCUT2D eigenvalue weighted by Crippen LogP contribution is -2.50. The summed E-state index contributed by atoms with van der Waals surface area (Å²) in [7, 11) is 1.75. The molecule has 0 spiro atoms. The molecule has 0 radical (unpaired) electrons. The molecule has 1 heterocycles. The molecular formula is C9H15N3O2. The summed E-state index contributed by atoms with van der Waals surface area (Å²) < 4.78 is 4.64. The summed E-state index contributed by atoms with van der Waals surface area (Å²) in [5.41, 5.74) is 0.147. The maximum atomic E-state index is 11.6.